The molecule has 0 spiro atoms. The van der Waals surface area contributed by atoms with Gasteiger partial charge in [0.25, 0.3) is 0 Å². The molecule has 1 radical (unpaired) electrons. The third-order valence-electron chi connectivity index (χ3n) is 7.18. The molecule has 0 saturated carbocycles. The van der Waals surface area contributed by atoms with Crippen molar-refractivity contribution in [2.24, 2.45) is 10.2 Å². The summed E-state index contributed by atoms with van der Waals surface area (Å²) < 4.78 is 5.58. The number of para-hydroxylation sites is 1. The van der Waals surface area contributed by atoms with Gasteiger partial charge in [-0.25, -0.2) is 0 Å². The number of benzene rings is 3. The molecule has 1 unspecified atom stereocenters. The van der Waals surface area contributed by atoms with Crippen molar-refractivity contribution >= 4 is 17.8 Å². The van der Waals surface area contributed by atoms with E-state index in [9.17, 15) is 5.11 Å². The van der Waals surface area contributed by atoms with Crippen molar-refractivity contribution in [1.29, 1.82) is 0 Å². The van der Waals surface area contributed by atoms with E-state index >= 15 is 0 Å². The van der Waals surface area contributed by atoms with Crippen LogP contribution in [0.3, 0.4) is 0 Å². The Kier molecular flexibility index (Phi) is 8.94. The Morgan fingerprint density at radius 3 is 2.32 bits per heavy atom. The number of hydrogen-bond donors (Lipinski definition) is 1. The van der Waals surface area contributed by atoms with E-state index in [1.165, 1.54) is 16.8 Å². The molecule has 0 aliphatic carbocycles. The molecule has 2 heterocycles. The van der Waals surface area contributed by atoms with Gasteiger partial charge in [-0.15, -0.1) is 5.10 Å². The first-order valence-electron chi connectivity index (χ1n) is 12.5. The van der Waals surface area contributed by atoms with E-state index in [0.717, 1.165) is 45.0 Å². The number of ether oxygens (including phenoxy) is 1. The fourth-order valence-electron chi connectivity index (χ4n) is 5.36. The summed E-state index contributed by atoms with van der Waals surface area (Å²) in [6.45, 7) is 4.44. The molecule has 0 aromatic heterocycles. The van der Waals surface area contributed by atoms with Crippen molar-refractivity contribution in [2.45, 2.75) is 11.8 Å². The van der Waals surface area contributed by atoms with E-state index in [2.05, 4.69) is 81.6 Å². The molecule has 1 fully saturated rings. The SMILES string of the molecule is CN1\C(=C/C=N/N=C(\O)c2ccccc2)C(CCN2CCOCC2)(c2ccccc2)c2ccccc21.[Co]. The van der Waals surface area contributed by atoms with Gasteiger partial charge in [-0.3, -0.25) is 4.90 Å². The molecular weight excluding hydrogens is 507 g/mol. The first kappa shape index (κ1) is 26.8. The summed E-state index contributed by atoms with van der Waals surface area (Å²) in [6, 6.07) is 28.6. The van der Waals surface area contributed by atoms with Crippen molar-refractivity contribution in [2.75, 3.05) is 44.8 Å². The molecule has 7 heteroatoms. The number of likely N-dealkylation sites (N-methyl/N-ethyl adjacent to an activating group) is 1. The van der Waals surface area contributed by atoms with E-state index in [0.29, 0.717) is 5.56 Å². The number of allylic oxidation sites excluding steroid dienone is 2. The van der Waals surface area contributed by atoms with E-state index in [4.69, 9.17) is 4.74 Å². The zero-order valence-corrected chi connectivity index (χ0v) is 22.0. The molecule has 3 aromatic carbocycles. The van der Waals surface area contributed by atoms with Crippen molar-refractivity contribution in [1.82, 2.24) is 4.90 Å². The van der Waals surface area contributed by atoms with Gasteiger partial charge in [-0.1, -0.05) is 66.7 Å². The second kappa shape index (κ2) is 12.3. The number of aliphatic hydroxyl groups excluding tert-OH is 1. The Labute approximate surface area is 229 Å². The van der Waals surface area contributed by atoms with Crippen LogP contribution in [0, 0.1) is 0 Å². The Balaban J connectivity index is 0.00000320. The number of morpholine rings is 1. The van der Waals surface area contributed by atoms with Crippen LogP contribution in [0.4, 0.5) is 5.69 Å². The van der Waals surface area contributed by atoms with Gasteiger partial charge in [0.1, 0.15) is 0 Å². The van der Waals surface area contributed by atoms with Crippen molar-refractivity contribution in [3.8, 4) is 0 Å². The number of aliphatic hydroxyl groups is 1. The zero-order valence-electron chi connectivity index (χ0n) is 21.0. The van der Waals surface area contributed by atoms with Gasteiger partial charge in [0.05, 0.1) is 24.8 Å². The maximum Gasteiger partial charge on any atom is 0.238 e. The molecule has 3 aromatic rings. The molecule has 6 nitrogen and oxygen atoms in total. The molecule has 193 valence electrons. The minimum absolute atomic E-state index is 0. The second-order valence-electron chi connectivity index (χ2n) is 9.16. The average Bonchev–Trinajstić information content (AvgIpc) is 3.19. The van der Waals surface area contributed by atoms with E-state index in [1.807, 2.05) is 24.3 Å². The van der Waals surface area contributed by atoms with E-state index in [-0.39, 0.29) is 28.1 Å². The normalized spacial score (nSPS) is 21.3. The van der Waals surface area contributed by atoms with Crippen LogP contribution < -0.4 is 4.90 Å². The van der Waals surface area contributed by atoms with Gasteiger partial charge in [0, 0.05) is 53.9 Å². The number of nitrogens with zero attached hydrogens (tertiary/aromatic N) is 4. The predicted molar refractivity (Wildman–Crippen MR) is 146 cm³/mol. The fraction of sp³-hybridized carbons (Fsp3) is 0.267. The monoisotopic (exact) mass is 539 g/mol. The maximum atomic E-state index is 10.3. The third kappa shape index (κ3) is 5.55. The van der Waals surface area contributed by atoms with E-state index < -0.39 is 0 Å². The molecule has 2 aliphatic heterocycles. The van der Waals surface area contributed by atoms with Gasteiger partial charge in [0.2, 0.25) is 5.90 Å². The smallest absolute Gasteiger partial charge is 0.238 e. The van der Waals surface area contributed by atoms with Gasteiger partial charge >= 0.3 is 0 Å². The third-order valence-corrected chi connectivity index (χ3v) is 7.18. The van der Waals surface area contributed by atoms with Gasteiger partial charge in [0.15, 0.2) is 0 Å². The molecule has 37 heavy (non-hydrogen) atoms. The molecule has 1 N–H and O–H groups in total. The summed E-state index contributed by atoms with van der Waals surface area (Å²) in [5.41, 5.74) is 5.19. The minimum atomic E-state index is -0.331. The summed E-state index contributed by atoms with van der Waals surface area (Å²) in [7, 11) is 2.11. The predicted octanol–water partition coefficient (Wildman–Crippen LogP) is 5.02. The van der Waals surface area contributed by atoms with Crippen LogP contribution in [-0.4, -0.2) is 62.0 Å². The molecular formula is C30H32CoN4O2. The topological polar surface area (TPSA) is 60.7 Å². The van der Waals surface area contributed by atoms with E-state index in [1.54, 1.807) is 18.3 Å². The largest absolute Gasteiger partial charge is 0.492 e. The Morgan fingerprint density at radius 2 is 1.59 bits per heavy atom. The van der Waals surface area contributed by atoms with Crippen molar-refractivity contribution < 1.29 is 26.6 Å². The second-order valence-corrected chi connectivity index (χ2v) is 9.16. The van der Waals surface area contributed by atoms with Crippen LogP contribution in [0.5, 0.6) is 0 Å². The van der Waals surface area contributed by atoms with Gasteiger partial charge in [-0.05, 0) is 48.4 Å². The summed E-state index contributed by atoms with van der Waals surface area (Å²) in [5, 5.41) is 18.5. The number of hydrogen-bond acceptors (Lipinski definition) is 5. The van der Waals surface area contributed by atoms with Crippen LogP contribution in [0.25, 0.3) is 0 Å². The maximum absolute atomic E-state index is 10.3. The number of rotatable bonds is 7. The molecule has 0 amide bonds. The summed E-state index contributed by atoms with van der Waals surface area (Å²) in [5.74, 6) is -0.102. The molecule has 0 bridgehead atoms. The van der Waals surface area contributed by atoms with Crippen LogP contribution >= 0.6 is 0 Å². The van der Waals surface area contributed by atoms with Crippen LogP contribution in [0.15, 0.2) is 107 Å². The van der Waals surface area contributed by atoms with Crippen LogP contribution in [-0.2, 0) is 26.9 Å². The number of anilines is 1. The average molecular weight is 540 g/mol. The first-order chi connectivity index (χ1) is 17.7. The Bertz CT molecular complexity index is 1260. The number of fused-ring (bicyclic) bond motifs is 1. The zero-order chi connectivity index (χ0) is 24.8. The summed E-state index contributed by atoms with van der Waals surface area (Å²) >= 11 is 0. The summed E-state index contributed by atoms with van der Waals surface area (Å²) in [6.07, 6.45) is 4.65. The molecule has 2 aliphatic rings. The molecule has 5 rings (SSSR count). The fourth-order valence-corrected chi connectivity index (χ4v) is 5.36. The van der Waals surface area contributed by atoms with Gasteiger partial charge in [-0.2, -0.15) is 5.10 Å². The first-order valence-corrected chi connectivity index (χ1v) is 12.5. The van der Waals surface area contributed by atoms with Gasteiger partial charge < -0.3 is 14.7 Å². The Hall–Kier alpha value is -3.23. The Morgan fingerprint density at radius 1 is 0.946 bits per heavy atom. The van der Waals surface area contributed by atoms with Crippen molar-refractivity contribution in [3.05, 3.63) is 113 Å². The molecule has 1 atom stereocenters. The molecule has 1 saturated heterocycles. The standard InChI is InChI=1S/C30H32N4O2.Co/c1-33-27-15-9-8-14-26(27)30(25-12-6-3-7-13-25,17-19-34-20-22-36-23-21-34)28(33)16-18-31-32-29(35)24-10-4-2-5-11-24;/h2-16,18H,17,19-23H2,1H3,(H,32,35);/b28-16-,31-18+;. The van der Waals surface area contributed by atoms with Crippen LogP contribution in [0.1, 0.15) is 23.1 Å². The van der Waals surface area contributed by atoms with Crippen LogP contribution in [0.2, 0.25) is 0 Å². The summed E-state index contributed by atoms with van der Waals surface area (Å²) in [4.78, 5) is 4.75. The van der Waals surface area contributed by atoms with Crippen molar-refractivity contribution in [3.63, 3.8) is 0 Å². The quantitative estimate of drug-likeness (QED) is 0.260. The minimum Gasteiger partial charge on any atom is -0.492 e.